The van der Waals surface area contributed by atoms with Crippen LogP contribution in [-0.4, -0.2) is 20.1 Å². The summed E-state index contributed by atoms with van der Waals surface area (Å²) in [6, 6.07) is 17.0. The second-order valence-corrected chi connectivity index (χ2v) is 6.69. The van der Waals surface area contributed by atoms with Crippen LogP contribution in [0.5, 0.6) is 5.75 Å². The maximum absolute atomic E-state index is 12.7. The van der Waals surface area contributed by atoms with E-state index in [0.29, 0.717) is 11.4 Å². The van der Waals surface area contributed by atoms with Crippen molar-refractivity contribution in [3.05, 3.63) is 73.1 Å². The standard InChI is InChI=1S/C17H15NO3S/c1-21-17-10-9-15(13-16(17)18-11-5-6-12-18)22(19,20)14-7-3-2-4-8-14/h2-13H,1H3. The third kappa shape index (κ3) is 2.51. The smallest absolute Gasteiger partial charge is 0.206 e. The predicted octanol–water partition coefficient (Wildman–Crippen LogP) is 3.32. The zero-order chi connectivity index (χ0) is 15.6. The largest absolute Gasteiger partial charge is 0.495 e. The number of aromatic nitrogens is 1. The molecule has 0 N–H and O–H groups in total. The molecule has 5 heteroatoms. The molecule has 0 saturated carbocycles. The molecule has 0 radical (unpaired) electrons. The van der Waals surface area contributed by atoms with Crippen molar-refractivity contribution in [2.45, 2.75) is 9.79 Å². The van der Waals surface area contributed by atoms with E-state index in [-0.39, 0.29) is 9.79 Å². The average molecular weight is 313 g/mol. The van der Waals surface area contributed by atoms with Crippen LogP contribution in [0.15, 0.2) is 82.8 Å². The van der Waals surface area contributed by atoms with Crippen molar-refractivity contribution in [3.8, 4) is 11.4 Å². The van der Waals surface area contributed by atoms with Crippen LogP contribution in [0.2, 0.25) is 0 Å². The third-order valence-corrected chi connectivity index (χ3v) is 5.16. The maximum Gasteiger partial charge on any atom is 0.206 e. The Bertz CT molecular complexity index is 870. The van der Waals surface area contributed by atoms with E-state index in [1.807, 2.05) is 29.1 Å². The normalized spacial score (nSPS) is 11.3. The zero-order valence-corrected chi connectivity index (χ0v) is 12.8. The molecule has 0 bridgehead atoms. The van der Waals surface area contributed by atoms with Gasteiger partial charge in [0.25, 0.3) is 0 Å². The highest BCUT2D eigenvalue weighted by molar-refractivity contribution is 7.91. The van der Waals surface area contributed by atoms with Crippen molar-refractivity contribution >= 4 is 9.84 Å². The van der Waals surface area contributed by atoms with Gasteiger partial charge in [0.1, 0.15) is 5.75 Å². The van der Waals surface area contributed by atoms with Crippen molar-refractivity contribution in [2.75, 3.05) is 7.11 Å². The van der Waals surface area contributed by atoms with E-state index in [1.165, 1.54) is 0 Å². The minimum atomic E-state index is -3.55. The number of ether oxygens (including phenoxy) is 1. The summed E-state index contributed by atoms with van der Waals surface area (Å²) in [6.07, 6.45) is 3.69. The topological polar surface area (TPSA) is 48.3 Å². The Kier molecular flexibility index (Phi) is 3.73. The highest BCUT2D eigenvalue weighted by atomic mass is 32.2. The molecule has 0 unspecified atom stereocenters. The number of benzene rings is 2. The van der Waals surface area contributed by atoms with Crippen LogP contribution >= 0.6 is 0 Å². The molecule has 22 heavy (non-hydrogen) atoms. The van der Waals surface area contributed by atoms with Gasteiger partial charge in [0, 0.05) is 12.4 Å². The molecule has 3 rings (SSSR count). The molecular formula is C17H15NO3S. The quantitative estimate of drug-likeness (QED) is 0.742. The van der Waals surface area contributed by atoms with Crippen LogP contribution in [0, 0.1) is 0 Å². The fourth-order valence-electron chi connectivity index (χ4n) is 2.27. The molecule has 0 aliphatic carbocycles. The predicted molar refractivity (Wildman–Crippen MR) is 84.2 cm³/mol. The summed E-state index contributed by atoms with van der Waals surface area (Å²) >= 11 is 0. The van der Waals surface area contributed by atoms with Crippen LogP contribution in [0.1, 0.15) is 0 Å². The SMILES string of the molecule is COc1ccc(S(=O)(=O)c2ccccc2)cc1-n1cccc1. The van der Waals surface area contributed by atoms with Crippen molar-refractivity contribution in [1.82, 2.24) is 4.57 Å². The average Bonchev–Trinajstić information content (AvgIpc) is 3.09. The summed E-state index contributed by atoms with van der Waals surface area (Å²) < 4.78 is 32.6. The lowest BCUT2D eigenvalue weighted by atomic mass is 10.3. The Morgan fingerprint density at radius 1 is 0.864 bits per heavy atom. The number of nitrogens with zero attached hydrogens (tertiary/aromatic N) is 1. The summed E-state index contributed by atoms with van der Waals surface area (Å²) in [5.41, 5.74) is 0.685. The summed E-state index contributed by atoms with van der Waals surface area (Å²) in [5.74, 6) is 0.614. The van der Waals surface area contributed by atoms with E-state index in [0.717, 1.165) is 0 Å². The first-order valence-corrected chi connectivity index (χ1v) is 8.23. The van der Waals surface area contributed by atoms with Gasteiger partial charge in [-0.2, -0.15) is 0 Å². The molecule has 4 nitrogen and oxygen atoms in total. The molecule has 1 aromatic heterocycles. The van der Waals surface area contributed by atoms with Crippen LogP contribution in [0.4, 0.5) is 0 Å². The van der Waals surface area contributed by atoms with E-state index < -0.39 is 9.84 Å². The van der Waals surface area contributed by atoms with Gasteiger partial charge in [-0.3, -0.25) is 0 Å². The van der Waals surface area contributed by atoms with E-state index >= 15 is 0 Å². The lowest BCUT2D eigenvalue weighted by molar-refractivity contribution is 0.412. The van der Waals surface area contributed by atoms with Gasteiger partial charge in [0.15, 0.2) is 0 Å². The maximum atomic E-state index is 12.7. The Labute approximate surface area is 129 Å². The van der Waals surface area contributed by atoms with Gasteiger partial charge >= 0.3 is 0 Å². The van der Waals surface area contributed by atoms with Gasteiger partial charge in [-0.15, -0.1) is 0 Å². The monoisotopic (exact) mass is 313 g/mol. The van der Waals surface area contributed by atoms with Crippen molar-refractivity contribution in [3.63, 3.8) is 0 Å². The highest BCUT2D eigenvalue weighted by Gasteiger charge is 2.19. The molecule has 0 fully saturated rings. The molecule has 112 valence electrons. The molecule has 2 aromatic carbocycles. The number of rotatable bonds is 4. The summed E-state index contributed by atoms with van der Waals surface area (Å²) in [4.78, 5) is 0.516. The van der Waals surface area contributed by atoms with Gasteiger partial charge in [-0.05, 0) is 42.5 Å². The van der Waals surface area contributed by atoms with Gasteiger partial charge in [0.2, 0.25) is 9.84 Å². The molecular weight excluding hydrogens is 298 g/mol. The summed E-state index contributed by atoms with van der Waals surface area (Å²) in [7, 11) is -1.98. The summed E-state index contributed by atoms with van der Waals surface area (Å²) in [5, 5.41) is 0. The van der Waals surface area contributed by atoms with E-state index in [4.69, 9.17) is 4.74 Å². The van der Waals surface area contributed by atoms with Crippen LogP contribution < -0.4 is 4.74 Å². The Morgan fingerprint density at radius 3 is 2.18 bits per heavy atom. The van der Waals surface area contributed by atoms with Crippen molar-refractivity contribution in [1.29, 1.82) is 0 Å². The molecule has 0 saturated heterocycles. The summed E-state index contributed by atoms with van der Waals surface area (Å²) in [6.45, 7) is 0. The second-order valence-electron chi connectivity index (χ2n) is 4.74. The van der Waals surface area contributed by atoms with Gasteiger partial charge < -0.3 is 9.30 Å². The Hall–Kier alpha value is -2.53. The van der Waals surface area contributed by atoms with Crippen LogP contribution in [0.25, 0.3) is 5.69 Å². The molecule has 1 heterocycles. The van der Waals surface area contributed by atoms with Gasteiger partial charge in [-0.1, -0.05) is 18.2 Å². The van der Waals surface area contributed by atoms with E-state index in [9.17, 15) is 8.42 Å². The first kappa shape index (κ1) is 14.4. The van der Waals surface area contributed by atoms with E-state index in [2.05, 4.69) is 0 Å². The minimum absolute atomic E-state index is 0.239. The zero-order valence-electron chi connectivity index (χ0n) is 12.0. The molecule has 3 aromatic rings. The van der Waals surface area contributed by atoms with Gasteiger partial charge in [0.05, 0.1) is 22.6 Å². The first-order valence-electron chi connectivity index (χ1n) is 6.74. The molecule has 0 aliphatic heterocycles. The Morgan fingerprint density at radius 2 is 1.55 bits per heavy atom. The van der Waals surface area contributed by atoms with Crippen LogP contribution in [0.3, 0.4) is 0 Å². The first-order chi connectivity index (χ1) is 10.6. The lowest BCUT2D eigenvalue weighted by Crippen LogP contribution is -2.04. The molecule has 0 atom stereocenters. The Balaban J connectivity index is 2.15. The van der Waals surface area contributed by atoms with Crippen LogP contribution in [-0.2, 0) is 9.84 Å². The number of sulfone groups is 1. The number of methoxy groups -OCH3 is 1. The third-order valence-electron chi connectivity index (χ3n) is 3.40. The number of hydrogen-bond donors (Lipinski definition) is 0. The highest BCUT2D eigenvalue weighted by Crippen LogP contribution is 2.29. The molecule has 0 spiro atoms. The fourth-order valence-corrected chi connectivity index (χ4v) is 3.57. The molecule has 0 aliphatic rings. The van der Waals surface area contributed by atoms with E-state index in [1.54, 1.807) is 55.6 Å². The number of hydrogen-bond acceptors (Lipinski definition) is 3. The fraction of sp³-hybridized carbons (Fsp3) is 0.0588. The van der Waals surface area contributed by atoms with Crippen molar-refractivity contribution in [2.24, 2.45) is 0 Å². The van der Waals surface area contributed by atoms with Crippen molar-refractivity contribution < 1.29 is 13.2 Å². The molecule has 0 amide bonds. The van der Waals surface area contributed by atoms with Gasteiger partial charge in [-0.25, -0.2) is 8.42 Å². The minimum Gasteiger partial charge on any atom is -0.495 e. The second kappa shape index (κ2) is 5.69. The lowest BCUT2D eigenvalue weighted by Gasteiger charge is -2.12.